The van der Waals surface area contributed by atoms with E-state index < -0.39 is 0 Å². The molecule has 142 valence electrons. The van der Waals surface area contributed by atoms with Crippen LogP contribution in [0.15, 0.2) is 18.2 Å². The highest BCUT2D eigenvalue weighted by molar-refractivity contribution is 6.44. The number of likely N-dealkylation sites (tertiary alicyclic amines) is 1. The summed E-state index contributed by atoms with van der Waals surface area (Å²) in [4.78, 5) is 28.8. The third kappa shape index (κ3) is 4.88. The van der Waals surface area contributed by atoms with Crippen LogP contribution in [-0.2, 0) is 14.3 Å². The Morgan fingerprint density at radius 2 is 1.81 bits per heavy atom. The van der Waals surface area contributed by atoms with Crippen molar-refractivity contribution in [2.45, 2.75) is 12.8 Å². The molecule has 0 aromatic heterocycles. The van der Waals surface area contributed by atoms with E-state index in [4.69, 9.17) is 27.9 Å². The largest absolute Gasteiger partial charge is 0.378 e. The quantitative estimate of drug-likeness (QED) is 0.844. The Balaban J connectivity index is 1.45. The first-order valence-electron chi connectivity index (χ1n) is 8.87. The molecule has 0 aliphatic carbocycles. The Kier molecular flexibility index (Phi) is 6.75. The van der Waals surface area contributed by atoms with Crippen LogP contribution in [0.25, 0.3) is 0 Å². The zero-order chi connectivity index (χ0) is 18.5. The van der Waals surface area contributed by atoms with Crippen LogP contribution in [-0.4, -0.2) is 67.6 Å². The summed E-state index contributed by atoms with van der Waals surface area (Å²) < 4.78 is 5.30. The van der Waals surface area contributed by atoms with Crippen molar-refractivity contribution in [3.8, 4) is 0 Å². The zero-order valence-corrected chi connectivity index (χ0v) is 16.1. The second kappa shape index (κ2) is 9.04. The van der Waals surface area contributed by atoms with E-state index in [1.54, 1.807) is 18.2 Å². The highest BCUT2D eigenvalue weighted by atomic mass is 35.5. The van der Waals surface area contributed by atoms with Crippen LogP contribution in [0.2, 0.25) is 10.0 Å². The summed E-state index contributed by atoms with van der Waals surface area (Å²) in [5.41, 5.74) is 0.515. The fourth-order valence-corrected chi connectivity index (χ4v) is 3.72. The molecule has 26 heavy (non-hydrogen) atoms. The number of piperidine rings is 1. The van der Waals surface area contributed by atoms with Gasteiger partial charge in [0.15, 0.2) is 0 Å². The normalized spacial score (nSPS) is 19.4. The number of anilines is 1. The van der Waals surface area contributed by atoms with Gasteiger partial charge in [-0.1, -0.05) is 29.3 Å². The van der Waals surface area contributed by atoms with E-state index >= 15 is 0 Å². The number of hydrogen-bond donors (Lipinski definition) is 1. The Bertz CT molecular complexity index is 657. The summed E-state index contributed by atoms with van der Waals surface area (Å²) in [5, 5.41) is 3.55. The van der Waals surface area contributed by atoms with E-state index in [0.29, 0.717) is 42.0 Å². The lowest BCUT2D eigenvalue weighted by Crippen LogP contribution is -2.47. The van der Waals surface area contributed by atoms with Crippen LogP contribution in [0.1, 0.15) is 12.8 Å². The van der Waals surface area contributed by atoms with E-state index in [1.165, 1.54) is 0 Å². The van der Waals surface area contributed by atoms with Crippen molar-refractivity contribution < 1.29 is 14.3 Å². The van der Waals surface area contributed by atoms with Gasteiger partial charge >= 0.3 is 0 Å². The first-order chi connectivity index (χ1) is 12.5. The lowest BCUT2D eigenvalue weighted by Gasteiger charge is -2.35. The minimum absolute atomic E-state index is 0.0507. The molecule has 8 heteroatoms. The molecule has 2 heterocycles. The van der Waals surface area contributed by atoms with Gasteiger partial charge in [0.25, 0.3) is 0 Å². The van der Waals surface area contributed by atoms with Crippen LogP contribution in [0.4, 0.5) is 5.69 Å². The fourth-order valence-electron chi connectivity index (χ4n) is 3.37. The van der Waals surface area contributed by atoms with Crippen LogP contribution < -0.4 is 5.32 Å². The first kappa shape index (κ1) is 19.4. The Hall–Kier alpha value is -1.34. The number of nitrogens with zero attached hydrogens (tertiary/aromatic N) is 2. The molecule has 0 saturated carbocycles. The summed E-state index contributed by atoms with van der Waals surface area (Å²) in [6.07, 6.45) is 1.56. The molecular weight excluding hydrogens is 377 g/mol. The van der Waals surface area contributed by atoms with Crippen LogP contribution >= 0.6 is 23.2 Å². The number of benzene rings is 1. The molecule has 3 rings (SSSR count). The molecule has 0 unspecified atom stereocenters. The summed E-state index contributed by atoms with van der Waals surface area (Å²) in [5.74, 6) is 0.144. The highest BCUT2D eigenvalue weighted by Crippen LogP contribution is 2.29. The van der Waals surface area contributed by atoms with Gasteiger partial charge in [0.1, 0.15) is 0 Å². The van der Waals surface area contributed by atoms with Gasteiger partial charge in [-0.2, -0.15) is 0 Å². The lowest BCUT2D eigenvalue weighted by atomic mass is 9.95. The maximum absolute atomic E-state index is 12.5. The number of nitrogens with one attached hydrogen (secondary N) is 1. The molecule has 0 spiro atoms. The topological polar surface area (TPSA) is 61.9 Å². The van der Waals surface area contributed by atoms with Gasteiger partial charge in [0.2, 0.25) is 11.8 Å². The molecule has 2 saturated heterocycles. The standard InChI is InChI=1S/C18H23Cl2N3O3/c19-14-2-1-3-15(17(14)20)21-16(24)12-22-6-4-13(5-7-22)18(25)23-8-10-26-11-9-23/h1-3,13H,4-12H2,(H,21,24). The summed E-state index contributed by atoms with van der Waals surface area (Å²) in [6.45, 7) is 4.35. The van der Waals surface area contributed by atoms with E-state index in [-0.39, 0.29) is 24.3 Å². The number of hydrogen-bond acceptors (Lipinski definition) is 4. The van der Waals surface area contributed by atoms with E-state index in [0.717, 1.165) is 25.9 Å². The average Bonchev–Trinajstić information content (AvgIpc) is 2.66. The molecule has 0 bridgehead atoms. The van der Waals surface area contributed by atoms with Gasteiger partial charge in [0, 0.05) is 19.0 Å². The molecule has 1 aromatic carbocycles. The van der Waals surface area contributed by atoms with E-state index in [1.807, 2.05) is 4.90 Å². The monoisotopic (exact) mass is 399 g/mol. The van der Waals surface area contributed by atoms with Crippen LogP contribution in [0.5, 0.6) is 0 Å². The number of rotatable bonds is 4. The third-order valence-electron chi connectivity index (χ3n) is 4.85. The third-order valence-corrected chi connectivity index (χ3v) is 5.67. The SMILES string of the molecule is O=C(CN1CCC(C(=O)N2CCOCC2)CC1)Nc1cccc(Cl)c1Cl. The van der Waals surface area contributed by atoms with E-state index in [9.17, 15) is 9.59 Å². The van der Waals surface area contributed by atoms with Crippen molar-refractivity contribution in [3.05, 3.63) is 28.2 Å². The molecule has 1 N–H and O–H groups in total. The number of amides is 2. The predicted molar refractivity (Wildman–Crippen MR) is 102 cm³/mol. The van der Waals surface area contributed by atoms with Crippen molar-refractivity contribution in [3.63, 3.8) is 0 Å². The molecule has 2 aliphatic heterocycles. The van der Waals surface area contributed by atoms with Crippen LogP contribution in [0, 0.1) is 5.92 Å². The van der Waals surface area contributed by atoms with E-state index in [2.05, 4.69) is 10.2 Å². The second-order valence-corrected chi connectivity index (χ2v) is 7.42. The van der Waals surface area contributed by atoms with Gasteiger partial charge in [0.05, 0.1) is 35.5 Å². The summed E-state index contributed by atoms with van der Waals surface area (Å²) in [7, 11) is 0. The molecule has 2 amide bonds. The van der Waals surface area contributed by atoms with Gasteiger partial charge < -0.3 is 15.0 Å². The maximum atomic E-state index is 12.5. The smallest absolute Gasteiger partial charge is 0.238 e. The van der Waals surface area contributed by atoms with Crippen molar-refractivity contribution in [2.24, 2.45) is 5.92 Å². The minimum atomic E-state index is -0.132. The Morgan fingerprint density at radius 1 is 1.12 bits per heavy atom. The lowest BCUT2D eigenvalue weighted by molar-refractivity contribution is -0.141. The maximum Gasteiger partial charge on any atom is 0.238 e. The van der Waals surface area contributed by atoms with Crippen molar-refractivity contribution >= 4 is 40.7 Å². The number of ether oxygens (including phenoxy) is 1. The number of carbonyl (C=O) groups is 2. The summed E-state index contributed by atoms with van der Waals surface area (Å²) in [6, 6.07) is 5.14. The van der Waals surface area contributed by atoms with Crippen molar-refractivity contribution in [2.75, 3.05) is 51.3 Å². The number of halogens is 2. The average molecular weight is 400 g/mol. The molecule has 6 nitrogen and oxygen atoms in total. The number of carbonyl (C=O) groups excluding carboxylic acids is 2. The van der Waals surface area contributed by atoms with Crippen molar-refractivity contribution in [1.82, 2.24) is 9.80 Å². The van der Waals surface area contributed by atoms with Crippen molar-refractivity contribution in [1.29, 1.82) is 0 Å². The first-order valence-corrected chi connectivity index (χ1v) is 9.63. The highest BCUT2D eigenvalue weighted by Gasteiger charge is 2.29. The molecule has 0 radical (unpaired) electrons. The predicted octanol–water partition coefficient (Wildman–Crippen LogP) is 2.50. The zero-order valence-electron chi connectivity index (χ0n) is 14.5. The number of morpholine rings is 1. The molecular formula is C18H23Cl2N3O3. The Morgan fingerprint density at radius 3 is 2.50 bits per heavy atom. The molecule has 0 atom stereocenters. The van der Waals surface area contributed by atoms with Gasteiger partial charge in [-0.15, -0.1) is 0 Å². The fraction of sp³-hybridized carbons (Fsp3) is 0.556. The Labute approximate surface area is 163 Å². The minimum Gasteiger partial charge on any atom is -0.378 e. The summed E-state index contributed by atoms with van der Waals surface area (Å²) >= 11 is 12.1. The van der Waals surface area contributed by atoms with Gasteiger partial charge in [-0.25, -0.2) is 0 Å². The van der Waals surface area contributed by atoms with Crippen LogP contribution in [0.3, 0.4) is 0 Å². The second-order valence-electron chi connectivity index (χ2n) is 6.64. The van der Waals surface area contributed by atoms with Gasteiger partial charge in [-0.3, -0.25) is 14.5 Å². The van der Waals surface area contributed by atoms with Gasteiger partial charge in [-0.05, 0) is 38.1 Å². The molecule has 1 aromatic rings. The molecule has 2 aliphatic rings. The molecule has 2 fully saturated rings.